The van der Waals surface area contributed by atoms with Crippen molar-refractivity contribution in [1.82, 2.24) is 10.2 Å². The normalized spacial score (nSPS) is 16.7. The highest BCUT2D eigenvalue weighted by Crippen LogP contribution is 2.40. The third-order valence-corrected chi connectivity index (χ3v) is 4.12. The van der Waals surface area contributed by atoms with E-state index >= 15 is 0 Å². The van der Waals surface area contributed by atoms with Crippen molar-refractivity contribution in [2.75, 3.05) is 6.61 Å². The number of ether oxygens (including phenoxy) is 2. The van der Waals surface area contributed by atoms with Gasteiger partial charge < -0.3 is 19.6 Å². The molecule has 0 saturated carbocycles. The molecule has 2 aromatic rings. The number of rotatable bonds is 4. The first-order valence-electron chi connectivity index (χ1n) is 8.32. The molecule has 0 saturated heterocycles. The van der Waals surface area contributed by atoms with Gasteiger partial charge in [0.2, 0.25) is 17.7 Å². The number of nitrogens with zero attached hydrogens (tertiary/aromatic N) is 3. The zero-order valence-corrected chi connectivity index (χ0v) is 15.1. The Bertz CT molecular complexity index is 980. The average molecular weight is 366 g/mol. The van der Waals surface area contributed by atoms with Crippen LogP contribution in [0.5, 0.6) is 0 Å². The Labute approximate surface area is 155 Å². The summed E-state index contributed by atoms with van der Waals surface area (Å²) in [4.78, 5) is 12.5. The molecule has 8 nitrogen and oxygen atoms in total. The molecule has 0 spiro atoms. The average Bonchev–Trinajstić information content (AvgIpc) is 3.08. The van der Waals surface area contributed by atoms with Crippen LogP contribution in [0.25, 0.3) is 11.5 Å². The topological polar surface area (TPSA) is 124 Å². The molecule has 138 valence electrons. The second-order valence-electron chi connectivity index (χ2n) is 5.86. The number of nitriles is 1. The number of hydrogen-bond acceptors (Lipinski definition) is 8. The van der Waals surface area contributed by atoms with Gasteiger partial charge in [-0.3, -0.25) is 0 Å². The van der Waals surface area contributed by atoms with Gasteiger partial charge in [0.15, 0.2) is 0 Å². The van der Waals surface area contributed by atoms with Crippen LogP contribution in [-0.4, -0.2) is 22.8 Å². The standard InChI is InChI=1S/C19H18N4O4/c1-4-25-19(24)15-10(2)26-17(21)14(9-20)16(15)12-5-7-13(8-6-12)18-23-22-11(3)27-18/h5-8,16H,4,21H2,1-3H3. The van der Waals surface area contributed by atoms with Gasteiger partial charge in [-0.2, -0.15) is 5.26 Å². The van der Waals surface area contributed by atoms with Crippen molar-refractivity contribution >= 4 is 5.97 Å². The van der Waals surface area contributed by atoms with E-state index in [1.807, 2.05) is 6.07 Å². The molecule has 0 fully saturated rings. The number of esters is 1. The Morgan fingerprint density at radius 1 is 1.30 bits per heavy atom. The lowest BCUT2D eigenvalue weighted by atomic mass is 9.83. The van der Waals surface area contributed by atoms with Gasteiger partial charge >= 0.3 is 5.97 Å². The van der Waals surface area contributed by atoms with Gasteiger partial charge in [0, 0.05) is 12.5 Å². The first-order chi connectivity index (χ1) is 13.0. The number of benzene rings is 1. The molecular weight excluding hydrogens is 348 g/mol. The molecule has 1 aliphatic heterocycles. The molecule has 1 aromatic heterocycles. The molecule has 2 heterocycles. The quantitative estimate of drug-likeness (QED) is 0.819. The maximum atomic E-state index is 12.5. The molecule has 3 rings (SSSR count). The van der Waals surface area contributed by atoms with E-state index in [2.05, 4.69) is 10.2 Å². The summed E-state index contributed by atoms with van der Waals surface area (Å²) in [7, 11) is 0. The Hall–Kier alpha value is -3.60. The smallest absolute Gasteiger partial charge is 0.338 e. The van der Waals surface area contributed by atoms with Gasteiger partial charge in [0.25, 0.3) is 0 Å². The minimum Gasteiger partial charge on any atom is -0.463 e. The summed E-state index contributed by atoms with van der Waals surface area (Å²) in [6.07, 6.45) is 0. The summed E-state index contributed by atoms with van der Waals surface area (Å²) in [6, 6.07) is 9.16. The highest BCUT2D eigenvalue weighted by molar-refractivity contribution is 5.92. The van der Waals surface area contributed by atoms with Crippen molar-refractivity contribution in [3.63, 3.8) is 0 Å². The summed E-state index contributed by atoms with van der Waals surface area (Å²) >= 11 is 0. The van der Waals surface area contributed by atoms with Crippen LogP contribution in [0.3, 0.4) is 0 Å². The SMILES string of the molecule is CCOC(=O)C1=C(C)OC(N)=C(C#N)C1c1ccc(-c2nnc(C)o2)cc1. The van der Waals surface area contributed by atoms with E-state index in [1.54, 1.807) is 45.0 Å². The largest absolute Gasteiger partial charge is 0.463 e. The zero-order chi connectivity index (χ0) is 19.6. The van der Waals surface area contributed by atoms with Crippen molar-refractivity contribution in [2.45, 2.75) is 26.7 Å². The van der Waals surface area contributed by atoms with E-state index in [4.69, 9.17) is 19.6 Å². The predicted molar refractivity (Wildman–Crippen MR) is 94.5 cm³/mol. The van der Waals surface area contributed by atoms with Crippen LogP contribution in [0, 0.1) is 18.3 Å². The van der Waals surface area contributed by atoms with Gasteiger partial charge in [-0.15, -0.1) is 10.2 Å². The summed E-state index contributed by atoms with van der Waals surface area (Å²) < 4.78 is 16.0. The van der Waals surface area contributed by atoms with Crippen molar-refractivity contribution in [1.29, 1.82) is 5.26 Å². The Kier molecular flexibility index (Phi) is 4.94. The van der Waals surface area contributed by atoms with Crippen LogP contribution < -0.4 is 5.73 Å². The lowest BCUT2D eigenvalue weighted by Crippen LogP contribution is -2.25. The Morgan fingerprint density at radius 3 is 2.56 bits per heavy atom. The minimum atomic E-state index is -0.679. The highest BCUT2D eigenvalue weighted by atomic mass is 16.5. The maximum absolute atomic E-state index is 12.5. The monoisotopic (exact) mass is 366 g/mol. The van der Waals surface area contributed by atoms with E-state index in [1.165, 1.54) is 0 Å². The molecule has 8 heteroatoms. The molecule has 1 aromatic carbocycles. The molecule has 27 heavy (non-hydrogen) atoms. The second kappa shape index (κ2) is 7.33. The summed E-state index contributed by atoms with van der Waals surface area (Å²) in [6.45, 7) is 5.25. The number of allylic oxidation sites excluding steroid dienone is 2. The second-order valence-corrected chi connectivity index (χ2v) is 5.86. The first-order valence-corrected chi connectivity index (χ1v) is 8.32. The molecule has 1 atom stereocenters. The fraction of sp³-hybridized carbons (Fsp3) is 0.263. The maximum Gasteiger partial charge on any atom is 0.338 e. The van der Waals surface area contributed by atoms with Gasteiger partial charge in [-0.25, -0.2) is 4.79 Å². The molecule has 1 aliphatic rings. The van der Waals surface area contributed by atoms with Crippen molar-refractivity contribution in [3.05, 3.63) is 58.5 Å². The number of aryl methyl sites for hydroxylation is 1. The lowest BCUT2D eigenvalue weighted by molar-refractivity contribution is -0.139. The van der Waals surface area contributed by atoms with Crippen molar-refractivity contribution in [3.8, 4) is 17.5 Å². The Balaban J connectivity index is 2.05. The summed E-state index contributed by atoms with van der Waals surface area (Å²) in [5.41, 5.74) is 7.71. The van der Waals surface area contributed by atoms with Crippen LogP contribution in [0.2, 0.25) is 0 Å². The van der Waals surface area contributed by atoms with Crippen LogP contribution in [0.4, 0.5) is 0 Å². The molecule has 0 radical (unpaired) electrons. The van der Waals surface area contributed by atoms with E-state index in [-0.39, 0.29) is 23.6 Å². The van der Waals surface area contributed by atoms with Gasteiger partial charge in [-0.1, -0.05) is 12.1 Å². The van der Waals surface area contributed by atoms with Crippen molar-refractivity contribution < 1.29 is 18.7 Å². The molecule has 1 unspecified atom stereocenters. The van der Waals surface area contributed by atoms with Crippen LogP contribution >= 0.6 is 0 Å². The molecule has 0 aliphatic carbocycles. The fourth-order valence-corrected chi connectivity index (χ4v) is 2.92. The van der Waals surface area contributed by atoms with Gasteiger partial charge in [-0.05, 0) is 31.5 Å². The molecule has 0 amide bonds. The molecule has 0 bridgehead atoms. The lowest BCUT2D eigenvalue weighted by Gasteiger charge is -2.26. The third kappa shape index (κ3) is 3.40. The predicted octanol–water partition coefficient (Wildman–Crippen LogP) is 2.69. The number of carbonyl (C=O) groups excluding carboxylic acids is 1. The van der Waals surface area contributed by atoms with E-state index in [0.29, 0.717) is 23.1 Å². The molecule has 2 N–H and O–H groups in total. The van der Waals surface area contributed by atoms with Gasteiger partial charge in [0.1, 0.15) is 17.4 Å². The zero-order valence-electron chi connectivity index (χ0n) is 15.1. The van der Waals surface area contributed by atoms with Gasteiger partial charge in [0.05, 0.1) is 18.1 Å². The summed E-state index contributed by atoms with van der Waals surface area (Å²) in [5, 5.41) is 17.4. The van der Waals surface area contributed by atoms with E-state index in [9.17, 15) is 10.1 Å². The van der Waals surface area contributed by atoms with E-state index < -0.39 is 11.9 Å². The minimum absolute atomic E-state index is 0.0235. The highest BCUT2D eigenvalue weighted by Gasteiger charge is 2.36. The van der Waals surface area contributed by atoms with E-state index in [0.717, 1.165) is 5.56 Å². The first kappa shape index (κ1) is 18.2. The number of aromatic nitrogens is 2. The number of hydrogen-bond donors (Lipinski definition) is 1. The number of carbonyl (C=O) groups is 1. The van der Waals surface area contributed by atoms with Crippen LogP contribution in [-0.2, 0) is 14.3 Å². The molecular formula is C19H18N4O4. The number of nitrogens with two attached hydrogens (primary N) is 1. The third-order valence-electron chi connectivity index (χ3n) is 4.12. The van der Waals surface area contributed by atoms with Crippen LogP contribution in [0.15, 0.2) is 51.5 Å². The van der Waals surface area contributed by atoms with Crippen LogP contribution in [0.1, 0.15) is 31.2 Å². The summed E-state index contributed by atoms with van der Waals surface area (Å²) in [5.74, 6) is -0.0857. The Morgan fingerprint density at radius 2 is 2.00 bits per heavy atom. The van der Waals surface area contributed by atoms with Crippen molar-refractivity contribution in [2.24, 2.45) is 5.73 Å². The fourth-order valence-electron chi connectivity index (χ4n) is 2.92.